The van der Waals surface area contributed by atoms with E-state index in [1.54, 1.807) is 4.68 Å². The van der Waals surface area contributed by atoms with E-state index in [1.807, 2.05) is 80.3 Å². The third-order valence-corrected chi connectivity index (χ3v) is 4.23. The largest absolute Gasteiger partial charge is 0.335 e. The average molecular weight is 349 g/mol. The van der Waals surface area contributed by atoms with E-state index in [9.17, 15) is 4.79 Å². The molecule has 0 fully saturated rings. The normalized spacial score (nSPS) is 10.9. The van der Waals surface area contributed by atoms with Crippen LogP contribution in [0.4, 0.5) is 0 Å². The number of carbonyl (C=O) groups is 1. The molecule has 0 N–H and O–H groups in total. The van der Waals surface area contributed by atoms with Crippen LogP contribution in [0.2, 0.25) is 0 Å². The van der Waals surface area contributed by atoms with E-state index in [2.05, 4.69) is 15.5 Å². The lowest BCUT2D eigenvalue weighted by Crippen LogP contribution is -2.30. The number of amides is 1. The first kappa shape index (κ1) is 17.8. The summed E-state index contributed by atoms with van der Waals surface area (Å²) in [5.41, 5.74) is 2.59. The third kappa shape index (κ3) is 3.79. The number of carbonyl (C=O) groups excluding carboxylic acids is 1. The van der Waals surface area contributed by atoms with Crippen LogP contribution in [0.5, 0.6) is 0 Å². The van der Waals surface area contributed by atoms with Crippen LogP contribution >= 0.6 is 0 Å². The van der Waals surface area contributed by atoms with E-state index in [4.69, 9.17) is 0 Å². The maximum Gasteiger partial charge on any atom is 0.254 e. The molecule has 6 heteroatoms. The van der Waals surface area contributed by atoms with E-state index in [0.29, 0.717) is 24.5 Å². The Morgan fingerprint density at radius 1 is 1.12 bits per heavy atom. The third-order valence-electron chi connectivity index (χ3n) is 4.23. The van der Waals surface area contributed by atoms with Crippen LogP contribution in [-0.4, -0.2) is 37.6 Å². The molecule has 134 valence electrons. The van der Waals surface area contributed by atoms with Crippen LogP contribution in [0.15, 0.2) is 54.6 Å². The molecule has 0 aliphatic heterocycles. The van der Waals surface area contributed by atoms with E-state index in [0.717, 1.165) is 11.1 Å². The van der Waals surface area contributed by atoms with Gasteiger partial charge in [0.25, 0.3) is 5.91 Å². The standard InChI is InChI=1S/C20H23N5O/c1-4-24(14-16-9-6-5-7-10-16)20(26)18-12-8-11-17(13-18)19-21-22-23-25(19)15(2)3/h5-13,15H,4,14H2,1-3H3. The summed E-state index contributed by atoms with van der Waals surface area (Å²) < 4.78 is 1.76. The Balaban J connectivity index is 1.86. The monoisotopic (exact) mass is 349 g/mol. The Hall–Kier alpha value is -3.02. The van der Waals surface area contributed by atoms with Gasteiger partial charge in [0.2, 0.25) is 0 Å². The second-order valence-electron chi connectivity index (χ2n) is 6.43. The molecule has 0 unspecified atom stereocenters. The lowest BCUT2D eigenvalue weighted by Gasteiger charge is -2.21. The van der Waals surface area contributed by atoms with Crippen molar-refractivity contribution in [3.63, 3.8) is 0 Å². The highest BCUT2D eigenvalue weighted by atomic mass is 16.2. The maximum atomic E-state index is 13.0. The molecule has 0 bridgehead atoms. The Morgan fingerprint density at radius 3 is 2.58 bits per heavy atom. The van der Waals surface area contributed by atoms with Crippen molar-refractivity contribution >= 4 is 5.91 Å². The minimum absolute atomic E-state index is 0.00164. The molecule has 0 saturated carbocycles. The van der Waals surface area contributed by atoms with Crippen LogP contribution in [-0.2, 0) is 6.54 Å². The molecule has 6 nitrogen and oxygen atoms in total. The SMILES string of the molecule is CCN(Cc1ccccc1)C(=O)c1cccc(-c2nnnn2C(C)C)c1. The van der Waals surface area contributed by atoms with Crippen LogP contribution in [0.25, 0.3) is 11.4 Å². The van der Waals surface area contributed by atoms with Gasteiger partial charge in [0.1, 0.15) is 0 Å². The number of aromatic nitrogens is 4. The predicted molar refractivity (Wildman–Crippen MR) is 100 cm³/mol. The molecular weight excluding hydrogens is 326 g/mol. The maximum absolute atomic E-state index is 13.0. The number of benzene rings is 2. The molecule has 1 heterocycles. The van der Waals surface area contributed by atoms with Gasteiger partial charge in [-0.2, -0.15) is 0 Å². The fourth-order valence-electron chi connectivity index (χ4n) is 2.84. The van der Waals surface area contributed by atoms with Crippen molar-refractivity contribution in [3.8, 4) is 11.4 Å². The van der Waals surface area contributed by atoms with Gasteiger partial charge in [0, 0.05) is 24.2 Å². The van der Waals surface area contributed by atoms with Crippen LogP contribution in [0.1, 0.15) is 42.7 Å². The molecule has 26 heavy (non-hydrogen) atoms. The van der Waals surface area contributed by atoms with Crippen LogP contribution in [0, 0.1) is 0 Å². The molecule has 0 atom stereocenters. The van der Waals surface area contributed by atoms with Crippen LogP contribution in [0.3, 0.4) is 0 Å². The smallest absolute Gasteiger partial charge is 0.254 e. The minimum Gasteiger partial charge on any atom is -0.335 e. The quantitative estimate of drug-likeness (QED) is 0.682. The number of rotatable bonds is 6. The molecule has 0 aliphatic rings. The van der Waals surface area contributed by atoms with Crippen molar-refractivity contribution in [2.24, 2.45) is 0 Å². The van der Waals surface area contributed by atoms with E-state index < -0.39 is 0 Å². The molecule has 3 rings (SSSR count). The van der Waals surface area contributed by atoms with Crippen molar-refractivity contribution in [2.45, 2.75) is 33.4 Å². The molecule has 0 radical (unpaired) electrons. The zero-order valence-corrected chi connectivity index (χ0v) is 15.3. The highest BCUT2D eigenvalue weighted by Crippen LogP contribution is 2.21. The Kier molecular flexibility index (Phi) is 5.41. The summed E-state index contributed by atoms with van der Waals surface area (Å²) in [4.78, 5) is 14.8. The molecule has 0 saturated heterocycles. The fourth-order valence-corrected chi connectivity index (χ4v) is 2.84. The fraction of sp³-hybridized carbons (Fsp3) is 0.300. The van der Waals surface area contributed by atoms with Crippen LogP contribution < -0.4 is 0 Å². The van der Waals surface area contributed by atoms with E-state index in [-0.39, 0.29) is 11.9 Å². The van der Waals surface area contributed by atoms with Gasteiger partial charge in [-0.1, -0.05) is 42.5 Å². The summed E-state index contributed by atoms with van der Waals surface area (Å²) in [7, 11) is 0. The van der Waals surface area contributed by atoms with Crippen molar-refractivity contribution in [1.82, 2.24) is 25.1 Å². The second-order valence-corrected chi connectivity index (χ2v) is 6.43. The summed E-state index contributed by atoms with van der Waals surface area (Å²) in [6.45, 7) is 7.26. The minimum atomic E-state index is 0.00164. The van der Waals surface area contributed by atoms with E-state index >= 15 is 0 Å². The van der Waals surface area contributed by atoms with Gasteiger partial charge >= 0.3 is 0 Å². The molecule has 2 aromatic carbocycles. The van der Waals surface area contributed by atoms with Gasteiger partial charge < -0.3 is 4.90 Å². The Morgan fingerprint density at radius 2 is 1.88 bits per heavy atom. The first-order chi connectivity index (χ1) is 12.6. The number of hydrogen-bond donors (Lipinski definition) is 0. The van der Waals surface area contributed by atoms with Gasteiger partial charge in [-0.3, -0.25) is 4.79 Å². The number of tetrazole rings is 1. The number of nitrogens with zero attached hydrogens (tertiary/aromatic N) is 5. The van der Waals surface area contributed by atoms with Crippen molar-refractivity contribution < 1.29 is 4.79 Å². The molecule has 1 amide bonds. The van der Waals surface area contributed by atoms with E-state index in [1.165, 1.54) is 0 Å². The van der Waals surface area contributed by atoms with Gasteiger partial charge in [-0.15, -0.1) is 5.10 Å². The predicted octanol–water partition coefficient (Wildman–Crippen LogP) is 3.58. The lowest BCUT2D eigenvalue weighted by atomic mass is 10.1. The zero-order valence-electron chi connectivity index (χ0n) is 15.3. The molecule has 0 aliphatic carbocycles. The molecule has 0 spiro atoms. The number of hydrogen-bond acceptors (Lipinski definition) is 4. The topological polar surface area (TPSA) is 63.9 Å². The summed E-state index contributed by atoms with van der Waals surface area (Å²) in [6.07, 6.45) is 0. The highest BCUT2D eigenvalue weighted by molar-refractivity contribution is 5.95. The van der Waals surface area contributed by atoms with Crippen molar-refractivity contribution in [3.05, 3.63) is 65.7 Å². The highest BCUT2D eigenvalue weighted by Gasteiger charge is 2.17. The Bertz CT molecular complexity index is 873. The summed E-state index contributed by atoms with van der Waals surface area (Å²) in [5, 5.41) is 11.9. The van der Waals surface area contributed by atoms with Gasteiger partial charge in [0.15, 0.2) is 5.82 Å². The summed E-state index contributed by atoms with van der Waals surface area (Å²) in [5.74, 6) is 0.669. The van der Waals surface area contributed by atoms with Gasteiger partial charge in [-0.25, -0.2) is 4.68 Å². The first-order valence-electron chi connectivity index (χ1n) is 8.81. The molecule has 1 aromatic heterocycles. The lowest BCUT2D eigenvalue weighted by molar-refractivity contribution is 0.0752. The summed E-state index contributed by atoms with van der Waals surface area (Å²) in [6, 6.07) is 17.7. The van der Waals surface area contributed by atoms with Crippen molar-refractivity contribution in [1.29, 1.82) is 0 Å². The molecular formula is C20H23N5O. The average Bonchev–Trinajstić information content (AvgIpc) is 3.17. The first-order valence-corrected chi connectivity index (χ1v) is 8.81. The van der Waals surface area contributed by atoms with Crippen molar-refractivity contribution in [2.75, 3.05) is 6.54 Å². The Labute approximate surface area is 153 Å². The second kappa shape index (κ2) is 7.91. The summed E-state index contributed by atoms with van der Waals surface area (Å²) >= 11 is 0. The van der Waals surface area contributed by atoms with Gasteiger partial charge in [0.05, 0.1) is 6.04 Å². The molecule has 3 aromatic rings. The van der Waals surface area contributed by atoms with Gasteiger partial charge in [-0.05, 0) is 48.9 Å². The zero-order chi connectivity index (χ0) is 18.5.